The Kier molecular flexibility index (Phi) is 4.44. The van der Waals surface area contributed by atoms with E-state index in [2.05, 4.69) is 5.32 Å². The summed E-state index contributed by atoms with van der Waals surface area (Å²) in [7, 11) is 0. The number of aryl methyl sites for hydroxylation is 1. The number of rotatable bonds is 3. The Morgan fingerprint density at radius 1 is 1.13 bits per heavy atom. The normalized spacial score (nSPS) is 16.8. The molecule has 0 aromatic heterocycles. The van der Waals surface area contributed by atoms with E-state index in [4.69, 9.17) is 4.74 Å². The van der Waals surface area contributed by atoms with Crippen LogP contribution in [0.15, 0.2) is 48.5 Å². The summed E-state index contributed by atoms with van der Waals surface area (Å²) in [5, 5.41) is 2.88. The smallest absolute Gasteiger partial charge is 0.235 e. The second kappa shape index (κ2) is 6.50. The fourth-order valence-corrected chi connectivity index (χ4v) is 3.05. The average Bonchev–Trinajstić information content (AvgIpc) is 2.59. The predicted molar refractivity (Wildman–Crippen MR) is 87.9 cm³/mol. The van der Waals surface area contributed by atoms with Crippen LogP contribution in [0.4, 0.5) is 10.1 Å². The van der Waals surface area contributed by atoms with Gasteiger partial charge in [0.05, 0.1) is 5.41 Å². The first-order valence-corrected chi connectivity index (χ1v) is 7.83. The van der Waals surface area contributed by atoms with Crippen molar-refractivity contribution in [2.45, 2.75) is 25.2 Å². The molecule has 0 radical (unpaired) electrons. The molecule has 120 valence electrons. The number of ether oxygens (including phenoxy) is 1. The Balaban J connectivity index is 1.90. The first-order valence-electron chi connectivity index (χ1n) is 7.83. The average molecular weight is 313 g/mol. The zero-order valence-electron chi connectivity index (χ0n) is 13.1. The SMILES string of the molecule is Cc1ccc(NC(=O)C2(c3ccccc3)CCOCC2)cc1F. The van der Waals surface area contributed by atoms with E-state index >= 15 is 0 Å². The van der Waals surface area contributed by atoms with Crippen LogP contribution in [-0.2, 0) is 14.9 Å². The van der Waals surface area contributed by atoms with Gasteiger partial charge >= 0.3 is 0 Å². The predicted octanol–water partition coefficient (Wildman–Crippen LogP) is 3.82. The molecule has 2 aromatic carbocycles. The van der Waals surface area contributed by atoms with Gasteiger partial charge < -0.3 is 10.1 Å². The van der Waals surface area contributed by atoms with Gasteiger partial charge in [0, 0.05) is 18.9 Å². The Bertz CT molecular complexity index is 694. The molecule has 1 N–H and O–H groups in total. The number of anilines is 1. The molecule has 1 aliphatic heterocycles. The van der Waals surface area contributed by atoms with Crippen LogP contribution in [0.3, 0.4) is 0 Å². The summed E-state index contributed by atoms with van der Waals surface area (Å²) in [5.74, 6) is -0.418. The maximum Gasteiger partial charge on any atom is 0.235 e. The number of nitrogens with one attached hydrogen (secondary N) is 1. The van der Waals surface area contributed by atoms with Crippen LogP contribution in [-0.4, -0.2) is 19.1 Å². The highest BCUT2D eigenvalue weighted by Gasteiger charge is 2.41. The molecule has 0 aliphatic carbocycles. The lowest BCUT2D eigenvalue weighted by Crippen LogP contribution is -2.44. The van der Waals surface area contributed by atoms with Crippen molar-refractivity contribution >= 4 is 11.6 Å². The van der Waals surface area contributed by atoms with E-state index in [1.54, 1.807) is 19.1 Å². The summed E-state index contributed by atoms with van der Waals surface area (Å²) in [6, 6.07) is 14.5. The topological polar surface area (TPSA) is 38.3 Å². The first-order chi connectivity index (χ1) is 11.1. The van der Waals surface area contributed by atoms with Crippen LogP contribution in [0.1, 0.15) is 24.0 Å². The van der Waals surface area contributed by atoms with E-state index < -0.39 is 5.41 Å². The molecule has 3 rings (SSSR count). The molecule has 0 atom stereocenters. The molecule has 1 aliphatic rings. The number of amides is 1. The van der Waals surface area contributed by atoms with Crippen molar-refractivity contribution in [3.63, 3.8) is 0 Å². The molecule has 1 amide bonds. The zero-order chi connectivity index (χ0) is 16.3. The third kappa shape index (κ3) is 3.13. The summed E-state index contributed by atoms with van der Waals surface area (Å²) >= 11 is 0. The van der Waals surface area contributed by atoms with E-state index in [9.17, 15) is 9.18 Å². The number of carbonyl (C=O) groups excluding carboxylic acids is 1. The highest BCUT2D eigenvalue weighted by atomic mass is 19.1. The molecule has 0 unspecified atom stereocenters. The van der Waals surface area contributed by atoms with Gasteiger partial charge in [-0.1, -0.05) is 36.4 Å². The Labute approximate surface area is 135 Å². The molecule has 4 heteroatoms. The van der Waals surface area contributed by atoms with E-state index in [-0.39, 0.29) is 11.7 Å². The largest absolute Gasteiger partial charge is 0.381 e. The second-order valence-electron chi connectivity index (χ2n) is 5.98. The summed E-state index contributed by atoms with van der Waals surface area (Å²) in [4.78, 5) is 13.0. The van der Waals surface area contributed by atoms with Gasteiger partial charge in [0.2, 0.25) is 5.91 Å². The number of carbonyl (C=O) groups is 1. The van der Waals surface area contributed by atoms with Gasteiger partial charge in [-0.15, -0.1) is 0 Å². The van der Waals surface area contributed by atoms with Crippen molar-refractivity contribution in [1.29, 1.82) is 0 Å². The Morgan fingerprint density at radius 3 is 2.48 bits per heavy atom. The summed E-state index contributed by atoms with van der Waals surface area (Å²) in [6.45, 7) is 2.79. The van der Waals surface area contributed by atoms with Crippen molar-refractivity contribution in [3.8, 4) is 0 Å². The van der Waals surface area contributed by atoms with Crippen molar-refractivity contribution in [2.24, 2.45) is 0 Å². The zero-order valence-corrected chi connectivity index (χ0v) is 13.1. The van der Waals surface area contributed by atoms with Crippen molar-refractivity contribution < 1.29 is 13.9 Å². The number of halogens is 1. The molecule has 2 aromatic rings. The van der Waals surface area contributed by atoms with E-state index in [0.717, 1.165) is 5.56 Å². The molecule has 0 spiro atoms. The number of benzene rings is 2. The number of hydrogen-bond donors (Lipinski definition) is 1. The van der Waals surface area contributed by atoms with Gasteiger partial charge in [0.25, 0.3) is 0 Å². The minimum atomic E-state index is -0.624. The minimum absolute atomic E-state index is 0.102. The van der Waals surface area contributed by atoms with Gasteiger partial charge in [0.15, 0.2) is 0 Å². The highest BCUT2D eigenvalue weighted by Crippen LogP contribution is 2.36. The lowest BCUT2D eigenvalue weighted by atomic mass is 9.73. The van der Waals surface area contributed by atoms with Crippen LogP contribution in [0.25, 0.3) is 0 Å². The summed E-state index contributed by atoms with van der Waals surface area (Å²) in [6.07, 6.45) is 1.24. The molecular formula is C19H20FNO2. The van der Waals surface area contributed by atoms with Crippen LogP contribution in [0.5, 0.6) is 0 Å². The van der Waals surface area contributed by atoms with Crippen LogP contribution in [0.2, 0.25) is 0 Å². The minimum Gasteiger partial charge on any atom is -0.381 e. The fourth-order valence-electron chi connectivity index (χ4n) is 3.05. The fraction of sp³-hybridized carbons (Fsp3) is 0.316. The molecule has 1 saturated heterocycles. The van der Waals surface area contributed by atoms with Crippen molar-refractivity contribution in [2.75, 3.05) is 18.5 Å². The van der Waals surface area contributed by atoms with Crippen LogP contribution >= 0.6 is 0 Å². The molecule has 1 fully saturated rings. The Morgan fingerprint density at radius 2 is 1.83 bits per heavy atom. The van der Waals surface area contributed by atoms with Crippen molar-refractivity contribution in [3.05, 3.63) is 65.5 Å². The summed E-state index contributed by atoms with van der Waals surface area (Å²) in [5.41, 5.74) is 1.40. The number of hydrogen-bond acceptors (Lipinski definition) is 2. The molecule has 23 heavy (non-hydrogen) atoms. The van der Waals surface area contributed by atoms with Crippen LogP contribution in [0, 0.1) is 12.7 Å². The van der Waals surface area contributed by atoms with E-state index in [1.165, 1.54) is 6.07 Å². The standard InChI is InChI=1S/C19H20FNO2/c1-14-7-8-16(13-17(14)20)21-18(22)19(9-11-23-12-10-19)15-5-3-2-4-6-15/h2-8,13H,9-12H2,1H3,(H,21,22). The van der Waals surface area contributed by atoms with Gasteiger partial charge in [-0.3, -0.25) is 4.79 Å². The quantitative estimate of drug-likeness (QED) is 0.935. The summed E-state index contributed by atoms with van der Waals surface area (Å²) < 4.78 is 19.2. The third-order valence-electron chi connectivity index (χ3n) is 4.54. The maximum atomic E-state index is 13.7. The molecule has 0 bridgehead atoms. The molecule has 3 nitrogen and oxygen atoms in total. The molecule has 1 heterocycles. The monoisotopic (exact) mass is 313 g/mol. The third-order valence-corrected chi connectivity index (χ3v) is 4.54. The first kappa shape index (κ1) is 15.7. The molecular weight excluding hydrogens is 293 g/mol. The van der Waals surface area contributed by atoms with E-state index in [1.807, 2.05) is 30.3 Å². The van der Waals surface area contributed by atoms with Gasteiger partial charge in [0.1, 0.15) is 5.82 Å². The second-order valence-corrected chi connectivity index (χ2v) is 5.98. The van der Waals surface area contributed by atoms with Crippen molar-refractivity contribution in [1.82, 2.24) is 0 Å². The molecule has 0 saturated carbocycles. The highest BCUT2D eigenvalue weighted by molar-refractivity contribution is 5.99. The lowest BCUT2D eigenvalue weighted by molar-refractivity contribution is -0.125. The maximum absolute atomic E-state index is 13.7. The van der Waals surface area contributed by atoms with Crippen LogP contribution < -0.4 is 5.32 Å². The van der Waals surface area contributed by atoms with Gasteiger partial charge in [-0.05, 0) is 43.0 Å². The van der Waals surface area contributed by atoms with Gasteiger partial charge in [-0.2, -0.15) is 0 Å². The Hall–Kier alpha value is -2.20. The van der Waals surface area contributed by atoms with E-state index in [0.29, 0.717) is 37.3 Å². The van der Waals surface area contributed by atoms with Gasteiger partial charge in [-0.25, -0.2) is 4.39 Å². The lowest BCUT2D eigenvalue weighted by Gasteiger charge is -2.36.